The van der Waals surface area contributed by atoms with E-state index in [1.54, 1.807) is 20.8 Å². The number of Topliss-reactive ketones (excluding diaryl/α,β-unsaturated/α-hetero) is 1. The summed E-state index contributed by atoms with van der Waals surface area (Å²) in [6.07, 6.45) is -1.98. The third kappa shape index (κ3) is 6.04. The first-order valence-electron chi connectivity index (χ1n) is 9.36. The maximum absolute atomic E-state index is 12.6. The van der Waals surface area contributed by atoms with Crippen LogP contribution in [0.25, 0.3) is 0 Å². The topological polar surface area (TPSA) is 104 Å². The molecule has 0 amide bonds. The standard InChI is InChI=1S/C19H34O6/c1-6-14-8-16(21)12(4)18(23)11(3)7-10(2)15(20)9-17(22)13(5)19(24)25-14/h10-17,20-22H,6-9H2,1-5H3. The number of esters is 1. The lowest BCUT2D eigenvalue weighted by molar-refractivity contribution is -0.160. The van der Waals surface area contributed by atoms with E-state index in [9.17, 15) is 24.9 Å². The van der Waals surface area contributed by atoms with Crippen molar-refractivity contribution >= 4 is 11.8 Å². The number of hydrogen-bond donors (Lipinski definition) is 3. The van der Waals surface area contributed by atoms with Gasteiger partial charge >= 0.3 is 5.97 Å². The molecule has 0 aromatic rings. The van der Waals surface area contributed by atoms with Gasteiger partial charge in [-0.15, -0.1) is 0 Å². The average Bonchev–Trinajstić information content (AvgIpc) is 2.57. The van der Waals surface area contributed by atoms with E-state index in [0.29, 0.717) is 12.8 Å². The number of aliphatic hydroxyl groups excluding tert-OH is 3. The van der Waals surface area contributed by atoms with Crippen molar-refractivity contribution < 1.29 is 29.6 Å². The Morgan fingerprint density at radius 3 is 2.00 bits per heavy atom. The molecule has 1 saturated heterocycles. The molecule has 0 spiro atoms. The Balaban J connectivity index is 3.03. The molecule has 6 heteroatoms. The van der Waals surface area contributed by atoms with Gasteiger partial charge in [-0.2, -0.15) is 0 Å². The summed E-state index contributed by atoms with van der Waals surface area (Å²) < 4.78 is 5.42. The van der Waals surface area contributed by atoms with Crippen molar-refractivity contribution in [2.45, 2.75) is 84.7 Å². The first kappa shape index (κ1) is 22.1. The number of carbonyl (C=O) groups excluding carboxylic acids is 2. The fraction of sp³-hybridized carbons (Fsp3) is 0.895. The molecule has 1 heterocycles. The molecule has 0 aromatic heterocycles. The fourth-order valence-electron chi connectivity index (χ4n) is 3.35. The summed E-state index contributed by atoms with van der Waals surface area (Å²) in [5.41, 5.74) is 0. The van der Waals surface area contributed by atoms with Crippen LogP contribution in [0.3, 0.4) is 0 Å². The predicted molar refractivity (Wildman–Crippen MR) is 93.7 cm³/mol. The van der Waals surface area contributed by atoms with E-state index in [2.05, 4.69) is 0 Å². The quantitative estimate of drug-likeness (QED) is 0.616. The molecule has 0 aliphatic carbocycles. The Bertz CT molecular complexity index is 451. The molecule has 8 unspecified atom stereocenters. The highest BCUT2D eigenvalue weighted by Gasteiger charge is 2.34. The minimum atomic E-state index is -1.01. The zero-order chi connectivity index (χ0) is 19.3. The maximum atomic E-state index is 12.6. The van der Waals surface area contributed by atoms with Crippen molar-refractivity contribution in [1.29, 1.82) is 0 Å². The number of cyclic esters (lactones) is 1. The van der Waals surface area contributed by atoms with E-state index in [1.165, 1.54) is 0 Å². The first-order chi connectivity index (χ1) is 11.6. The predicted octanol–water partition coefficient (Wildman–Crippen LogP) is 1.69. The number of rotatable bonds is 1. The molecule has 8 atom stereocenters. The molecule has 146 valence electrons. The van der Waals surface area contributed by atoms with Crippen LogP contribution in [0.4, 0.5) is 0 Å². The third-order valence-electron chi connectivity index (χ3n) is 5.57. The number of hydrogen-bond acceptors (Lipinski definition) is 6. The summed E-state index contributed by atoms with van der Waals surface area (Å²) >= 11 is 0. The van der Waals surface area contributed by atoms with Crippen LogP contribution in [0.15, 0.2) is 0 Å². The van der Waals surface area contributed by atoms with E-state index in [1.807, 2.05) is 13.8 Å². The molecule has 25 heavy (non-hydrogen) atoms. The molecule has 1 fully saturated rings. The van der Waals surface area contributed by atoms with Crippen molar-refractivity contribution in [3.05, 3.63) is 0 Å². The minimum absolute atomic E-state index is 0.0568. The summed E-state index contributed by atoms with van der Waals surface area (Å²) in [7, 11) is 0. The normalized spacial score (nSPS) is 42.6. The van der Waals surface area contributed by atoms with Crippen molar-refractivity contribution in [3.63, 3.8) is 0 Å². The molecule has 0 radical (unpaired) electrons. The number of carbonyl (C=O) groups is 2. The summed E-state index contributed by atoms with van der Waals surface area (Å²) in [5.74, 6) is -2.41. The van der Waals surface area contributed by atoms with E-state index >= 15 is 0 Å². The Morgan fingerprint density at radius 1 is 0.880 bits per heavy atom. The monoisotopic (exact) mass is 358 g/mol. The Kier molecular flexibility index (Phi) is 8.51. The van der Waals surface area contributed by atoms with Gasteiger partial charge < -0.3 is 20.1 Å². The molecule has 0 aromatic carbocycles. The molecular formula is C19H34O6. The molecule has 1 aliphatic heterocycles. The fourth-order valence-corrected chi connectivity index (χ4v) is 3.35. The second kappa shape index (κ2) is 9.64. The highest BCUT2D eigenvalue weighted by atomic mass is 16.5. The average molecular weight is 358 g/mol. The third-order valence-corrected chi connectivity index (χ3v) is 5.57. The van der Waals surface area contributed by atoms with Gasteiger partial charge in [-0.05, 0) is 25.7 Å². The highest BCUT2D eigenvalue weighted by Crippen LogP contribution is 2.26. The van der Waals surface area contributed by atoms with Gasteiger partial charge in [-0.1, -0.05) is 27.7 Å². The second-order valence-corrected chi connectivity index (χ2v) is 7.73. The van der Waals surface area contributed by atoms with Crippen LogP contribution in [-0.2, 0) is 14.3 Å². The second-order valence-electron chi connectivity index (χ2n) is 7.73. The summed E-state index contributed by atoms with van der Waals surface area (Å²) in [6, 6.07) is 0. The van der Waals surface area contributed by atoms with Crippen molar-refractivity contribution in [2.75, 3.05) is 0 Å². The van der Waals surface area contributed by atoms with E-state index in [-0.39, 0.29) is 30.5 Å². The Morgan fingerprint density at radius 2 is 1.44 bits per heavy atom. The van der Waals surface area contributed by atoms with Crippen LogP contribution in [0.1, 0.15) is 60.3 Å². The molecule has 6 nitrogen and oxygen atoms in total. The SMILES string of the molecule is CCC1CC(O)C(C)C(=O)C(C)CC(C)C(O)CC(O)C(C)C(=O)O1. The van der Waals surface area contributed by atoms with Gasteiger partial charge in [-0.3, -0.25) is 9.59 Å². The van der Waals surface area contributed by atoms with E-state index in [0.717, 1.165) is 0 Å². The smallest absolute Gasteiger partial charge is 0.311 e. The van der Waals surface area contributed by atoms with Gasteiger partial charge in [0.25, 0.3) is 0 Å². The van der Waals surface area contributed by atoms with Crippen molar-refractivity contribution in [3.8, 4) is 0 Å². The van der Waals surface area contributed by atoms with Crippen LogP contribution in [-0.4, -0.2) is 51.5 Å². The lowest BCUT2D eigenvalue weighted by Gasteiger charge is -2.30. The lowest BCUT2D eigenvalue weighted by atomic mass is 9.81. The number of aliphatic hydroxyl groups is 3. The van der Waals surface area contributed by atoms with Gasteiger partial charge in [0.15, 0.2) is 0 Å². The number of ketones is 1. The van der Waals surface area contributed by atoms with Crippen molar-refractivity contribution in [1.82, 2.24) is 0 Å². The largest absolute Gasteiger partial charge is 0.462 e. The Labute approximate surface area is 150 Å². The Hall–Kier alpha value is -0.980. The zero-order valence-corrected chi connectivity index (χ0v) is 16.0. The molecule has 3 N–H and O–H groups in total. The van der Waals surface area contributed by atoms with Gasteiger partial charge in [0.2, 0.25) is 0 Å². The zero-order valence-electron chi connectivity index (χ0n) is 16.0. The van der Waals surface area contributed by atoms with Crippen LogP contribution in [0.2, 0.25) is 0 Å². The summed E-state index contributed by atoms with van der Waals surface area (Å²) in [6.45, 7) is 8.74. The van der Waals surface area contributed by atoms with Crippen LogP contribution in [0, 0.1) is 23.7 Å². The van der Waals surface area contributed by atoms with E-state index in [4.69, 9.17) is 4.74 Å². The molecule has 0 bridgehead atoms. The van der Waals surface area contributed by atoms with Gasteiger partial charge in [-0.25, -0.2) is 0 Å². The van der Waals surface area contributed by atoms with Crippen LogP contribution in [0.5, 0.6) is 0 Å². The summed E-state index contributed by atoms with van der Waals surface area (Å²) in [5, 5.41) is 30.9. The van der Waals surface area contributed by atoms with Gasteiger partial charge in [0, 0.05) is 24.7 Å². The highest BCUT2D eigenvalue weighted by molar-refractivity contribution is 5.83. The molecular weight excluding hydrogens is 324 g/mol. The first-order valence-corrected chi connectivity index (χ1v) is 9.36. The van der Waals surface area contributed by atoms with Crippen LogP contribution < -0.4 is 0 Å². The van der Waals surface area contributed by atoms with E-state index < -0.39 is 42.2 Å². The lowest BCUT2D eigenvalue weighted by Crippen LogP contribution is -2.39. The summed E-state index contributed by atoms with van der Waals surface area (Å²) in [4.78, 5) is 24.8. The maximum Gasteiger partial charge on any atom is 0.311 e. The number of ether oxygens (including phenoxy) is 1. The van der Waals surface area contributed by atoms with Gasteiger partial charge in [0.05, 0.1) is 24.2 Å². The van der Waals surface area contributed by atoms with Crippen molar-refractivity contribution in [2.24, 2.45) is 23.7 Å². The minimum Gasteiger partial charge on any atom is -0.462 e. The molecule has 1 rings (SSSR count). The molecule has 1 aliphatic rings. The van der Waals surface area contributed by atoms with Crippen LogP contribution >= 0.6 is 0 Å². The van der Waals surface area contributed by atoms with Gasteiger partial charge in [0.1, 0.15) is 11.9 Å². The molecule has 0 saturated carbocycles.